The number of amides is 1. The van der Waals surface area contributed by atoms with Crippen LogP contribution in [0.4, 0.5) is 0 Å². The molecule has 2 N–H and O–H groups in total. The second-order valence-electron chi connectivity index (χ2n) is 5.64. The van der Waals surface area contributed by atoms with Crippen molar-refractivity contribution in [1.29, 1.82) is 0 Å². The van der Waals surface area contributed by atoms with Crippen LogP contribution in [0.3, 0.4) is 0 Å². The maximum Gasteiger partial charge on any atom is 0.251 e. The first-order valence-corrected chi connectivity index (χ1v) is 8.05. The zero-order valence-corrected chi connectivity index (χ0v) is 13.4. The standard InChI is InChI=1S/C17H26N2O3/c1-3-18-13(2)11-19-17(20)14-6-4-7-15(10-14)22-12-16-8-5-9-21-16/h4,6-7,10,13,16,18H,3,5,8-9,11-12H2,1-2H3,(H,19,20)/t13-,16?/m1/s1. The van der Waals surface area contributed by atoms with Crippen LogP contribution in [0.15, 0.2) is 24.3 Å². The molecule has 22 heavy (non-hydrogen) atoms. The van der Waals surface area contributed by atoms with Crippen molar-refractivity contribution in [1.82, 2.24) is 10.6 Å². The van der Waals surface area contributed by atoms with Crippen molar-refractivity contribution in [3.05, 3.63) is 29.8 Å². The van der Waals surface area contributed by atoms with Crippen LogP contribution in [0.25, 0.3) is 0 Å². The summed E-state index contributed by atoms with van der Waals surface area (Å²) >= 11 is 0. The molecule has 0 bridgehead atoms. The normalized spacial score (nSPS) is 18.9. The van der Waals surface area contributed by atoms with E-state index in [4.69, 9.17) is 9.47 Å². The van der Waals surface area contributed by atoms with E-state index >= 15 is 0 Å². The molecule has 0 saturated carbocycles. The molecule has 2 rings (SSSR count). The lowest BCUT2D eigenvalue weighted by molar-refractivity contribution is 0.0679. The van der Waals surface area contributed by atoms with E-state index in [0.717, 1.165) is 26.0 Å². The van der Waals surface area contributed by atoms with Gasteiger partial charge in [0.2, 0.25) is 0 Å². The van der Waals surface area contributed by atoms with Crippen LogP contribution < -0.4 is 15.4 Å². The molecule has 0 aromatic heterocycles. The molecular formula is C17H26N2O3. The number of benzene rings is 1. The van der Waals surface area contributed by atoms with Crippen molar-refractivity contribution in [3.8, 4) is 5.75 Å². The Balaban J connectivity index is 1.82. The van der Waals surface area contributed by atoms with Crippen molar-refractivity contribution in [3.63, 3.8) is 0 Å². The summed E-state index contributed by atoms with van der Waals surface area (Å²) in [6.07, 6.45) is 2.32. The SMILES string of the molecule is CCN[C@H](C)CNC(=O)c1cccc(OCC2CCCO2)c1. The van der Waals surface area contributed by atoms with Gasteiger partial charge < -0.3 is 20.1 Å². The van der Waals surface area contributed by atoms with Crippen molar-refractivity contribution in [2.24, 2.45) is 0 Å². The van der Waals surface area contributed by atoms with Crippen LogP contribution >= 0.6 is 0 Å². The highest BCUT2D eigenvalue weighted by Gasteiger charge is 2.16. The molecule has 0 radical (unpaired) electrons. The first kappa shape index (κ1) is 16.8. The smallest absolute Gasteiger partial charge is 0.251 e. The minimum absolute atomic E-state index is 0.0766. The summed E-state index contributed by atoms with van der Waals surface area (Å²) in [5.41, 5.74) is 0.619. The van der Waals surface area contributed by atoms with Crippen molar-refractivity contribution in [2.75, 3.05) is 26.3 Å². The molecule has 1 saturated heterocycles. The molecule has 1 heterocycles. The van der Waals surface area contributed by atoms with Gasteiger partial charge in [0.05, 0.1) is 6.10 Å². The number of hydrogen-bond acceptors (Lipinski definition) is 4. The Labute approximate surface area is 132 Å². The summed E-state index contributed by atoms with van der Waals surface area (Å²) in [6.45, 7) is 6.96. The lowest BCUT2D eigenvalue weighted by Crippen LogP contribution is -2.38. The topological polar surface area (TPSA) is 59.6 Å². The van der Waals surface area contributed by atoms with Crippen molar-refractivity contribution >= 4 is 5.91 Å². The largest absolute Gasteiger partial charge is 0.491 e. The molecule has 2 atom stereocenters. The molecular weight excluding hydrogens is 280 g/mol. The lowest BCUT2D eigenvalue weighted by atomic mass is 10.2. The molecule has 5 heteroatoms. The van der Waals surface area contributed by atoms with Gasteiger partial charge in [0.25, 0.3) is 5.91 Å². The fourth-order valence-corrected chi connectivity index (χ4v) is 2.46. The molecule has 1 aromatic carbocycles. The van der Waals surface area contributed by atoms with E-state index in [1.807, 2.05) is 26.0 Å². The number of likely N-dealkylation sites (N-methyl/N-ethyl adjacent to an activating group) is 1. The lowest BCUT2D eigenvalue weighted by Gasteiger charge is -2.14. The molecule has 122 valence electrons. The fourth-order valence-electron chi connectivity index (χ4n) is 2.46. The third-order valence-electron chi connectivity index (χ3n) is 3.68. The highest BCUT2D eigenvalue weighted by atomic mass is 16.5. The molecule has 5 nitrogen and oxygen atoms in total. The third-order valence-corrected chi connectivity index (χ3v) is 3.68. The van der Waals surface area contributed by atoms with Gasteiger partial charge in [0, 0.05) is 24.8 Å². The van der Waals surface area contributed by atoms with Gasteiger partial charge in [0.1, 0.15) is 12.4 Å². The van der Waals surface area contributed by atoms with E-state index in [9.17, 15) is 4.79 Å². The van der Waals surface area contributed by atoms with Gasteiger partial charge in [-0.05, 0) is 44.5 Å². The van der Waals surface area contributed by atoms with E-state index in [-0.39, 0.29) is 18.1 Å². The second kappa shape index (κ2) is 8.76. The zero-order chi connectivity index (χ0) is 15.8. The molecule has 1 aromatic rings. The van der Waals surface area contributed by atoms with E-state index in [0.29, 0.717) is 24.5 Å². The summed E-state index contributed by atoms with van der Waals surface area (Å²) in [5.74, 6) is 0.634. The summed E-state index contributed by atoms with van der Waals surface area (Å²) in [5, 5.41) is 6.19. The summed E-state index contributed by atoms with van der Waals surface area (Å²) < 4.78 is 11.3. The average Bonchev–Trinajstić information content (AvgIpc) is 3.04. The van der Waals surface area contributed by atoms with Crippen molar-refractivity contribution in [2.45, 2.75) is 38.8 Å². The molecule has 1 aliphatic heterocycles. The van der Waals surface area contributed by atoms with Gasteiger partial charge in [-0.25, -0.2) is 0 Å². The van der Waals surface area contributed by atoms with Crippen LogP contribution in [-0.4, -0.2) is 44.4 Å². The summed E-state index contributed by atoms with van der Waals surface area (Å²) in [4.78, 5) is 12.1. The summed E-state index contributed by atoms with van der Waals surface area (Å²) in [6, 6.07) is 7.54. The van der Waals surface area contributed by atoms with Gasteiger partial charge in [-0.15, -0.1) is 0 Å². The number of ether oxygens (including phenoxy) is 2. The first-order chi connectivity index (χ1) is 10.7. The molecule has 1 unspecified atom stereocenters. The molecule has 1 fully saturated rings. The fraction of sp³-hybridized carbons (Fsp3) is 0.588. The highest BCUT2D eigenvalue weighted by Crippen LogP contribution is 2.17. The van der Waals surface area contributed by atoms with Gasteiger partial charge in [0.15, 0.2) is 0 Å². The Hall–Kier alpha value is -1.59. The second-order valence-corrected chi connectivity index (χ2v) is 5.64. The number of nitrogens with one attached hydrogen (secondary N) is 2. The number of rotatable bonds is 8. The highest BCUT2D eigenvalue weighted by molar-refractivity contribution is 5.94. The van der Waals surface area contributed by atoms with E-state index in [2.05, 4.69) is 10.6 Å². The predicted molar refractivity (Wildman–Crippen MR) is 86.4 cm³/mol. The van der Waals surface area contributed by atoms with Gasteiger partial charge in [-0.2, -0.15) is 0 Å². The Morgan fingerprint density at radius 1 is 1.50 bits per heavy atom. The van der Waals surface area contributed by atoms with E-state index < -0.39 is 0 Å². The Morgan fingerprint density at radius 2 is 2.36 bits per heavy atom. The first-order valence-electron chi connectivity index (χ1n) is 8.05. The van der Waals surface area contributed by atoms with Crippen molar-refractivity contribution < 1.29 is 14.3 Å². The molecule has 0 spiro atoms. The third kappa shape index (κ3) is 5.31. The van der Waals surface area contributed by atoms with E-state index in [1.54, 1.807) is 12.1 Å². The molecule has 0 aliphatic carbocycles. The average molecular weight is 306 g/mol. The predicted octanol–water partition coefficient (Wildman–Crippen LogP) is 1.97. The van der Waals surface area contributed by atoms with E-state index in [1.165, 1.54) is 0 Å². The minimum Gasteiger partial charge on any atom is -0.491 e. The number of carbonyl (C=O) groups is 1. The maximum absolute atomic E-state index is 12.1. The van der Waals surface area contributed by atoms with Crippen LogP contribution in [-0.2, 0) is 4.74 Å². The van der Waals surface area contributed by atoms with Gasteiger partial charge >= 0.3 is 0 Å². The monoisotopic (exact) mass is 306 g/mol. The Kier molecular flexibility index (Phi) is 6.68. The quantitative estimate of drug-likeness (QED) is 0.771. The Morgan fingerprint density at radius 3 is 3.09 bits per heavy atom. The van der Waals surface area contributed by atoms with Gasteiger partial charge in [-0.1, -0.05) is 13.0 Å². The summed E-state index contributed by atoms with van der Waals surface area (Å²) in [7, 11) is 0. The molecule has 1 amide bonds. The van der Waals surface area contributed by atoms with Gasteiger partial charge in [-0.3, -0.25) is 4.79 Å². The zero-order valence-electron chi connectivity index (χ0n) is 13.4. The van der Waals surface area contributed by atoms with Crippen LogP contribution in [0.1, 0.15) is 37.0 Å². The van der Waals surface area contributed by atoms with Crippen LogP contribution in [0, 0.1) is 0 Å². The Bertz CT molecular complexity index is 473. The van der Waals surface area contributed by atoms with Crippen LogP contribution in [0.2, 0.25) is 0 Å². The van der Waals surface area contributed by atoms with Crippen LogP contribution in [0.5, 0.6) is 5.75 Å². The number of hydrogen-bond donors (Lipinski definition) is 2. The molecule has 1 aliphatic rings. The number of carbonyl (C=O) groups excluding carboxylic acids is 1. The minimum atomic E-state index is -0.0766. The maximum atomic E-state index is 12.1.